The van der Waals surface area contributed by atoms with E-state index in [0.29, 0.717) is 5.13 Å². The topological polar surface area (TPSA) is 56.7 Å². The molecular formula is C7H8N4S. The van der Waals surface area contributed by atoms with Crippen molar-refractivity contribution >= 4 is 16.5 Å². The van der Waals surface area contributed by atoms with Crippen molar-refractivity contribution in [3.8, 4) is 11.4 Å². The van der Waals surface area contributed by atoms with Crippen LogP contribution in [-0.4, -0.2) is 14.5 Å². The van der Waals surface area contributed by atoms with Gasteiger partial charge in [-0.05, 0) is 0 Å². The third-order valence-electron chi connectivity index (χ3n) is 1.60. The summed E-state index contributed by atoms with van der Waals surface area (Å²) in [6.07, 6.45) is 3.51. The fourth-order valence-electron chi connectivity index (χ4n) is 1.01. The zero-order chi connectivity index (χ0) is 8.55. The molecule has 0 spiro atoms. The Morgan fingerprint density at radius 3 is 2.92 bits per heavy atom. The summed E-state index contributed by atoms with van der Waals surface area (Å²) in [5, 5.41) is 2.51. The zero-order valence-corrected chi connectivity index (χ0v) is 7.38. The smallest absolute Gasteiger partial charge is 0.180 e. The second kappa shape index (κ2) is 2.60. The van der Waals surface area contributed by atoms with Crippen molar-refractivity contribution in [2.45, 2.75) is 0 Å². The minimum Gasteiger partial charge on any atom is -0.375 e. The lowest BCUT2D eigenvalue weighted by Crippen LogP contribution is -1.89. The first-order valence-corrected chi connectivity index (χ1v) is 4.33. The molecule has 2 N–H and O–H groups in total. The van der Waals surface area contributed by atoms with Gasteiger partial charge in [0.2, 0.25) is 0 Å². The van der Waals surface area contributed by atoms with Gasteiger partial charge in [0.15, 0.2) is 5.13 Å². The van der Waals surface area contributed by atoms with E-state index in [9.17, 15) is 0 Å². The molecule has 0 atom stereocenters. The van der Waals surface area contributed by atoms with Crippen molar-refractivity contribution in [3.05, 3.63) is 17.9 Å². The quantitative estimate of drug-likeness (QED) is 0.715. The highest BCUT2D eigenvalue weighted by Gasteiger charge is 2.04. The van der Waals surface area contributed by atoms with Crippen molar-refractivity contribution in [3.63, 3.8) is 0 Å². The third-order valence-corrected chi connectivity index (χ3v) is 2.27. The van der Waals surface area contributed by atoms with Crippen LogP contribution in [0.25, 0.3) is 11.4 Å². The highest BCUT2D eigenvalue weighted by molar-refractivity contribution is 7.13. The summed E-state index contributed by atoms with van der Waals surface area (Å²) in [6.45, 7) is 0. The molecule has 0 radical (unpaired) electrons. The zero-order valence-electron chi connectivity index (χ0n) is 6.56. The normalized spacial score (nSPS) is 10.4. The van der Waals surface area contributed by atoms with Crippen molar-refractivity contribution in [2.24, 2.45) is 7.05 Å². The largest absolute Gasteiger partial charge is 0.375 e. The molecule has 62 valence electrons. The van der Waals surface area contributed by atoms with E-state index in [4.69, 9.17) is 5.73 Å². The first-order valence-electron chi connectivity index (χ1n) is 3.45. The molecule has 5 heteroatoms. The number of nitrogens with two attached hydrogens (primary N) is 1. The number of aryl methyl sites for hydroxylation is 1. The van der Waals surface area contributed by atoms with Gasteiger partial charge in [0.25, 0.3) is 0 Å². The van der Waals surface area contributed by atoms with Gasteiger partial charge < -0.3 is 10.3 Å². The third kappa shape index (κ3) is 1.08. The molecule has 0 bridgehead atoms. The number of thiazole rings is 1. The lowest BCUT2D eigenvalue weighted by Gasteiger charge is -1.95. The Hall–Kier alpha value is -1.36. The summed E-state index contributed by atoms with van der Waals surface area (Å²) >= 11 is 1.44. The predicted molar refractivity (Wildman–Crippen MR) is 48.7 cm³/mol. The van der Waals surface area contributed by atoms with E-state index >= 15 is 0 Å². The van der Waals surface area contributed by atoms with Crippen LogP contribution in [0.2, 0.25) is 0 Å². The van der Waals surface area contributed by atoms with E-state index in [1.165, 1.54) is 11.3 Å². The molecule has 0 aliphatic carbocycles. The second-order valence-corrected chi connectivity index (χ2v) is 3.35. The minimum atomic E-state index is 0.589. The molecule has 0 saturated carbocycles. The molecule has 0 fully saturated rings. The van der Waals surface area contributed by atoms with Crippen LogP contribution in [0.5, 0.6) is 0 Å². The molecule has 2 rings (SSSR count). The molecule has 0 amide bonds. The maximum Gasteiger partial charge on any atom is 0.180 e. The Labute approximate surface area is 73.7 Å². The highest BCUT2D eigenvalue weighted by Crippen LogP contribution is 2.21. The van der Waals surface area contributed by atoms with Crippen LogP contribution >= 0.6 is 11.3 Å². The lowest BCUT2D eigenvalue weighted by molar-refractivity contribution is 0.918. The Bertz CT molecular complexity index is 390. The lowest BCUT2D eigenvalue weighted by atomic mass is 10.4. The van der Waals surface area contributed by atoms with Crippen molar-refractivity contribution < 1.29 is 0 Å². The molecule has 0 saturated heterocycles. The first-order chi connectivity index (χ1) is 5.77. The van der Waals surface area contributed by atoms with Gasteiger partial charge in [-0.15, -0.1) is 11.3 Å². The number of anilines is 1. The van der Waals surface area contributed by atoms with Gasteiger partial charge >= 0.3 is 0 Å². The monoisotopic (exact) mass is 180 g/mol. The van der Waals surface area contributed by atoms with E-state index in [1.54, 1.807) is 12.5 Å². The second-order valence-electron chi connectivity index (χ2n) is 2.46. The van der Waals surface area contributed by atoms with Crippen LogP contribution in [-0.2, 0) is 7.05 Å². The number of hydrogen-bond donors (Lipinski definition) is 1. The molecule has 2 aromatic heterocycles. The average Bonchev–Trinajstić information content (AvgIpc) is 2.58. The van der Waals surface area contributed by atoms with E-state index in [-0.39, 0.29) is 0 Å². The van der Waals surface area contributed by atoms with Gasteiger partial charge in [-0.25, -0.2) is 9.97 Å². The summed E-state index contributed by atoms with van der Waals surface area (Å²) < 4.78 is 1.91. The van der Waals surface area contributed by atoms with Crippen molar-refractivity contribution in [1.82, 2.24) is 14.5 Å². The molecule has 0 aliphatic rings. The summed E-state index contributed by atoms with van der Waals surface area (Å²) in [6, 6.07) is 0. The van der Waals surface area contributed by atoms with Gasteiger partial charge in [0, 0.05) is 12.4 Å². The molecule has 0 unspecified atom stereocenters. The molecule has 0 aromatic carbocycles. The van der Waals surface area contributed by atoms with Crippen LogP contribution < -0.4 is 5.73 Å². The van der Waals surface area contributed by atoms with Gasteiger partial charge in [-0.1, -0.05) is 0 Å². The summed E-state index contributed by atoms with van der Waals surface area (Å²) in [5.74, 6) is 0. The van der Waals surface area contributed by atoms with Gasteiger partial charge in [-0.3, -0.25) is 0 Å². The molecule has 0 aliphatic heterocycles. The SMILES string of the molecule is Cn1cncc1-c1csc(N)n1. The summed E-state index contributed by atoms with van der Waals surface area (Å²) in [7, 11) is 1.93. The maximum atomic E-state index is 5.51. The molecule has 2 aromatic rings. The Morgan fingerprint density at radius 2 is 2.42 bits per heavy atom. The van der Waals surface area contributed by atoms with Gasteiger partial charge in [-0.2, -0.15) is 0 Å². The van der Waals surface area contributed by atoms with Gasteiger partial charge in [0.05, 0.1) is 18.2 Å². The first kappa shape index (κ1) is 7.30. The van der Waals surface area contributed by atoms with E-state index in [2.05, 4.69) is 9.97 Å². The number of aromatic nitrogens is 3. The van der Waals surface area contributed by atoms with Crippen LogP contribution in [0.4, 0.5) is 5.13 Å². The van der Waals surface area contributed by atoms with Crippen LogP contribution in [0, 0.1) is 0 Å². The fourth-order valence-corrected chi connectivity index (χ4v) is 1.57. The average molecular weight is 180 g/mol. The van der Waals surface area contributed by atoms with Crippen LogP contribution in [0.1, 0.15) is 0 Å². The molecule has 12 heavy (non-hydrogen) atoms. The minimum absolute atomic E-state index is 0.589. The van der Waals surface area contributed by atoms with E-state index in [0.717, 1.165) is 11.4 Å². The molecular weight excluding hydrogens is 172 g/mol. The fraction of sp³-hybridized carbons (Fsp3) is 0.143. The Morgan fingerprint density at radius 1 is 1.58 bits per heavy atom. The molecule has 2 heterocycles. The standard InChI is InChI=1S/C7H8N4S/c1-11-4-9-2-6(11)5-3-12-7(8)10-5/h2-4H,1H3,(H2,8,10). The highest BCUT2D eigenvalue weighted by atomic mass is 32.1. The molecule has 4 nitrogen and oxygen atoms in total. The Balaban J connectivity index is 2.50. The van der Waals surface area contributed by atoms with Gasteiger partial charge in [0.1, 0.15) is 5.69 Å². The summed E-state index contributed by atoms with van der Waals surface area (Å²) in [4.78, 5) is 8.14. The maximum absolute atomic E-state index is 5.51. The number of rotatable bonds is 1. The van der Waals surface area contributed by atoms with Crippen molar-refractivity contribution in [1.29, 1.82) is 0 Å². The van der Waals surface area contributed by atoms with Crippen molar-refractivity contribution in [2.75, 3.05) is 5.73 Å². The van der Waals surface area contributed by atoms with E-state index in [1.807, 2.05) is 17.0 Å². The Kier molecular flexibility index (Phi) is 1.58. The number of nitrogen functional groups attached to an aromatic ring is 1. The van der Waals surface area contributed by atoms with Crippen LogP contribution in [0.15, 0.2) is 17.9 Å². The number of nitrogens with zero attached hydrogens (tertiary/aromatic N) is 3. The van der Waals surface area contributed by atoms with Crippen LogP contribution in [0.3, 0.4) is 0 Å². The predicted octanol–water partition coefficient (Wildman–Crippen LogP) is 1.13. The van der Waals surface area contributed by atoms with E-state index < -0.39 is 0 Å². The number of imidazole rings is 1. The summed E-state index contributed by atoms with van der Waals surface area (Å²) in [5.41, 5.74) is 7.39. The number of hydrogen-bond acceptors (Lipinski definition) is 4.